The fourth-order valence-corrected chi connectivity index (χ4v) is 1.91. The van der Waals surface area contributed by atoms with Gasteiger partial charge < -0.3 is 9.15 Å². The molecular weight excluding hydrogens is 224 g/mol. The second-order valence-corrected chi connectivity index (χ2v) is 8.87. The minimum Gasteiger partial charge on any atom is -0.340 e. The molecule has 13 heavy (non-hydrogen) atoms. The second kappa shape index (κ2) is 5.65. The van der Waals surface area contributed by atoms with E-state index in [4.69, 9.17) is 4.58 Å². The molecule has 5 nitrogen and oxygen atoms in total. The summed E-state index contributed by atoms with van der Waals surface area (Å²) in [6, 6.07) is 0. The molecule has 0 heterocycles. The molecule has 0 aromatic heterocycles. The van der Waals surface area contributed by atoms with E-state index in [1.807, 2.05) is 26.9 Å². The van der Waals surface area contributed by atoms with Gasteiger partial charge in [0.05, 0.1) is 0 Å². The lowest BCUT2D eigenvalue weighted by molar-refractivity contribution is -0.199. The molecule has 0 saturated heterocycles. The van der Waals surface area contributed by atoms with Crippen LogP contribution in [0.5, 0.6) is 0 Å². The van der Waals surface area contributed by atoms with E-state index in [0.29, 0.717) is 5.54 Å². The van der Waals surface area contributed by atoms with Crippen LogP contribution in [0.2, 0.25) is 18.6 Å². The molecule has 0 rings (SSSR count). The Hall–Kier alpha value is -0.0294. The molecule has 0 aromatic carbocycles. The lowest BCUT2D eigenvalue weighted by Crippen LogP contribution is -2.35. The van der Waals surface area contributed by atoms with Crippen LogP contribution in [0.1, 0.15) is 13.8 Å². The highest BCUT2D eigenvalue weighted by molar-refractivity contribution is 6.72. The highest BCUT2D eigenvalue weighted by Crippen LogP contribution is 2.21. The number of hydrogen-bond acceptors (Lipinski definition) is 5. The molecule has 0 atom stereocenters. The fourth-order valence-electron chi connectivity index (χ4n) is 0.286. The van der Waals surface area contributed by atoms with Gasteiger partial charge in [0.1, 0.15) is 0 Å². The van der Waals surface area contributed by atoms with Gasteiger partial charge >= 0.3 is 19.7 Å². The second-order valence-electron chi connectivity index (χ2n) is 3.34. The van der Waals surface area contributed by atoms with Gasteiger partial charge in [0.2, 0.25) is 8.32 Å². The highest BCUT2D eigenvalue weighted by atomic mass is 28.4. The zero-order valence-corrected chi connectivity index (χ0v) is 11.1. The smallest absolute Gasteiger partial charge is 0.340 e. The maximum atomic E-state index is 10.8. The number of rotatable bonds is 6. The van der Waals surface area contributed by atoms with Crippen LogP contribution in [-0.2, 0) is 22.8 Å². The van der Waals surface area contributed by atoms with Gasteiger partial charge in [-0.25, -0.2) is 0 Å². The fraction of sp³-hybridized carbons (Fsp3) is 1.00. The Morgan fingerprint density at radius 2 is 1.85 bits per heavy atom. The Morgan fingerprint density at radius 3 is 2.23 bits per heavy atom. The standard InChI is InChI=1S/C5H13O5Si3/c1-5(2)13(3,4)10-9-12(6)8-7-11/h5H,1-4H3. The van der Waals surface area contributed by atoms with E-state index < -0.39 is 17.5 Å². The van der Waals surface area contributed by atoms with Gasteiger partial charge in [-0.3, -0.25) is 13.6 Å². The van der Waals surface area contributed by atoms with Crippen LogP contribution in [0.3, 0.4) is 0 Å². The molecule has 0 aliphatic carbocycles. The van der Waals surface area contributed by atoms with E-state index >= 15 is 0 Å². The normalized spacial score (nSPS) is 11.5. The molecule has 3 radical (unpaired) electrons. The topological polar surface area (TPSA) is 54.0 Å². The Bertz CT molecular complexity index is 172. The molecule has 0 bridgehead atoms. The van der Waals surface area contributed by atoms with Crippen LogP contribution in [0.25, 0.3) is 0 Å². The Balaban J connectivity index is 3.81. The zero-order chi connectivity index (χ0) is 10.5. The molecule has 0 fully saturated rings. The van der Waals surface area contributed by atoms with E-state index in [1.165, 1.54) is 0 Å². The molecule has 0 aliphatic rings. The average Bonchev–Trinajstić information content (AvgIpc) is 2.01. The molecular formula is C5H13O5Si3. The van der Waals surface area contributed by atoms with Crippen LogP contribution in [0, 0.1) is 0 Å². The summed E-state index contributed by atoms with van der Waals surface area (Å²) in [6.45, 7) is 7.96. The van der Waals surface area contributed by atoms with E-state index in [1.54, 1.807) is 0 Å². The van der Waals surface area contributed by atoms with Crippen LogP contribution in [0.4, 0.5) is 0 Å². The van der Waals surface area contributed by atoms with Crippen molar-refractivity contribution in [3.63, 3.8) is 0 Å². The Labute approximate surface area is 83.8 Å². The zero-order valence-electron chi connectivity index (χ0n) is 8.12. The van der Waals surface area contributed by atoms with Crippen molar-refractivity contribution in [3.8, 4) is 0 Å². The third-order valence-electron chi connectivity index (χ3n) is 1.82. The molecule has 0 spiro atoms. The van der Waals surface area contributed by atoms with Crippen molar-refractivity contribution in [1.82, 2.24) is 0 Å². The maximum Gasteiger partial charge on any atom is 0.833 e. The summed E-state index contributed by atoms with van der Waals surface area (Å²) >= 11 is 0. The summed E-state index contributed by atoms with van der Waals surface area (Å²) in [6.07, 6.45) is 0. The summed E-state index contributed by atoms with van der Waals surface area (Å²) in [4.78, 5) is 0. The predicted octanol–water partition coefficient (Wildman–Crippen LogP) is 0.997. The number of hydrogen-bond donors (Lipinski definition) is 0. The molecule has 0 saturated carbocycles. The largest absolute Gasteiger partial charge is 0.833 e. The summed E-state index contributed by atoms with van der Waals surface area (Å²) < 4.78 is 28.5. The quantitative estimate of drug-likeness (QED) is 0.392. The summed E-state index contributed by atoms with van der Waals surface area (Å²) in [5, 5.41) is 0. The Kier molecular flexibility index (Phi) is 5.64. The van der Waals surface area contributed by atoms with Gasteiger partial charge in [-0.2, -0.15) is 0 Å². The van der Waals surface area contributed by atoms with Gasteiger partial charge in [0, 0.05) is 0 Å². The van der Waals surface area contributed by atoms with E-state index in [-0.39, 0.29) is 0 Å². The molecule has 0 amide bonds. The van der Waals surface area contributed by atoms with Crippen LogP contribution in [0.15, 0.2) is 0 Å². The van der Waals surface area contributed by atoms with Crippen molar-refractivity contribution >= 4 is 28.0 Å². The van der Waals surface area contributed by atoms with Gasteiger partial charge in [0.15, 0.2) is 0 Å². The van der Waals surface area contributed by atoms with Crippen LogP contribution >= 0.6 is 0 Å². The van der Waals surface area contributed by atoms with E-state index in [9.17, 15) is 4.46 Å². The van der Waals surface area contributed by atoms with Crippen molar-refractivity contribution in [2.24, 2.45) is 0 Å². The van der Waals surface area contributed by atoms with Gasteiger partial charge in [-0.1, -0.05) is 13.8 Å². The predicted molar refractivity (Wildman–Crippen MR) is 49.1 cm³/mol. The first-order chi connectivity index (χ1) is 5.90. The lowest BCUT2D eigenvalue weighted by atomic mass is 10.6. The Morgan fingerprint density at radius 1 is 1.31 bits per heavy atom. The minimum absolute atomic E-state index is 0.367. The van der Waals surface area contributed by atoms with E-state index in [0.717, 1.165) is 0 Å². The van der Waals surface area contributed by atoms with Gasteiger partial charge in [0.25, 0.3) is 0 Å². The maximum absolute atomic E-state index is 10.8. The summed E-state index contributed by atoms with van der Waals surface area (Å²) in [5.74, 6) is 0. The van der Waals surface area contributed by atoms with Crippen molar-refractivity contribution in [3.05, 3.63) is 0 Å². The van der Waals surface area contributed by atoms with Crippen LogP contribution < -0.4 is 0 Å². The lowest BCUT2D eigenvalue weighted by Gasteiger charge is -2.23. The first-order valence-electron chi connectivity index (χ1n) is 3.80. The van der Waals surface area contributed by atoms with Gasteiger partial charge in [-0.05, 0) is 18.6 Å². The minimum atomic E-state index is -2.71. The molecule has 0 unspecified atom stereocenters. The summed E-state index contributed by atoms with van der Waals surface area (Å²) in [5.41, 5.74) is 0.367. The first-order valence-corrected chi connectivity index (χ1v) is 8.42. The first kappa shape index (κ1) is 13.0. The van der Waals surface area contributed by atoms with Crippen LogP contribution in [-0.4, -0.2) is 28.0 Å². The van der Waals surface area contributed by atoms with E-state index in [2.05, 4.69) is 24.2 Å². The molecule has 8 heteroatoms. The molecule has 0 aliphatic heterocycles. The summed E-state index contributed by atoms with van der Waals surface area (Å²) in [7, 11) is -2.11. The van der Waals surface area contributed by atoms with Crippen molar-refractivity contribution in [1.29, 1.82) is 0 Å². The van der Waals surface area contributed by atoms with Crippen molar-refractivity contribution in [2.45, 2.75) is 32.5 Å². The molecule has 0 N–H and O–H groups in total. The third-order valence-corrected chi connectivity index (χ3v) is 5.97. The van der Waals surface area contributed by atoms with Gasteiger partial charge in [-0.15, -0.1) is 0 Å². The third kappa shape index (κ3) is 5.31. The molecule has 75 valence electrons. The highest BCUT2D eigenvalue weighted by Gasteiger charge is 2.31. The molecule has 0 aromatic rings. The van der Waals surface area contributed by atoms with Crippen molar-refractivity contribution in [2.75, 3.05) is 0 Å². The SMILES string of the molecule is CC(C)[Si](C)(C)OO[Si](=O)OO[Si]. The average molecular weight is 237 g/mol. The van der Waals surface area contributed by atoms with Crippen molar-refractivity contribution < 1.29 is 22.8 Å². The monoisotopic (exact) mass is 237 g/mol.